The number of benzene rings is 2. The van der Waals surface area contributed by atoms with Crippen LogP contribution in [0.4, 0.5) is 5.69 Å². The predicted octanol–water partition coefficient (Wildman–Crippen LogP) is 4.48. The minimum atomic E-state index is -3.68. The first-order valence-electron chi connectivity index (χ1n) is 7.52. The van der Waals surface area contributed by atoms with Gasteiger partial charge in [-0.25, -0.2) is 8.42 Å². The topological polar surface area (TPSA) is 37.4 Å². The summed E-state index contributed by atoms with van der Waals surface area (Å²) >= 11 is 0. The van der Waals surface area contributed by atoms with Crippen LogP contribution < -0.4 is 4.90 Å². The van der Waals surface area contributed by atoms with Gasteiger partial charge in [-0.1, -0.05) is 42.5 Å². The smallest absolute Gasteiger partial charge is 0.261 e. The second kappa shape index (κ2) is 5.65. The van der Waals surface area contributed by atoms with Gasteiger partial charge in [-0.2, -0.15) is 0 Å². The predicted molar refractivity (Wildman–Crippen MR) is 97.6 cm³/mol. The number of fused-ring (bicyclic) bond motifs is 1. The van der Waals surface area contributed by atoms with Gasteiger partial charge in [0.1, 0.15) is 0 Å². The Morgan fingerprint density at radius 2 is 1.54 bits per heavy atom. The molecule has 0 spiro atoms. The highest BCUT2D eigenvalue weighted by Gasteiger charge is 2.19. The lowest BCUT2D eigenvalue weighted by molar-refractivity contribution is 0.609. The highest BCUT2D eigenvalue weighted by Crippen LogP contribution is 2.31. The Bertz CT molecular complexity index is 985. The van der Waals surface area contributed by atoms with E-state index < -0.39 is 9.05 Å². The Morgan fingerprint density at radius 3 is 2.12 bits per heavy atom. The Morgan fingerprint density at radius 1 is 0.917 bits per heavy atom. The molecular formula is C19H14ClNO2S. The third kappa shape index (κ3) is 2.79. The van der Waals surface area contributed by atoms with Crippen LogP contribution in [-0.2, 0) is 9.05 Å². The molecule has 0 N–H and O–H groups in total. The number of hydrogen-bond acceptors (Lipinski definition) is 3. The maximum atomic E-state index is 11.3. The van der Waals surface area contributed by atoms with Gasteiger partial charge < -0.3 is 4.90 Å². The SMILES string of the molecule is O=S(=O)(Cl)c1ccc(-c2ccc(N3C=C4C=CC=C4C3)cc2)cc1. The summed E-state index contributed by atoms with van der Waals surface area (Å²) in [6.07, 6.45) is 8.50. The zero-order chi connectivity index (χ0) is 16.7. The third-order valence-corrected chi connectivity index (χ3v) is 5.62. The van der Waals surface area contributed by atoms with E-state index in [2.05, 4.69) is 41.5 Å². The van der Waals surface area contributed by atoms with Gasteiger partial charge in [0.2, 0.25) is 0 Å². The minimum absolute atomic E-state index is 0.112. The Balaban J connectivity index is 1.57. The van der Waals surface area contributed by atoms with Crippen molar-refractivity contribution in [2.75, 3.05) is 11.4 Å². The standard InChI is InChI=1S/C19H14ClNO2S/c20-24(22,23)19-10-6-15(7-11-19)14-4-8-18(9-5-14)21-12-16-2-1-3-17(16)13-21/h1-12H,13H2. The van der Waals surface area contributed by atoms with Crippen LogP contribution in [0.1, 0.15) is 0 Å². The van der Waals surface area contributed by atoms with Crippen molar-refractivity contribution < 1.29 is 8.42 Å². The molecule has 2 aromatic rings. The summed E-state index contributed by atoms with van der Waals surface area (Å²) in [7, 11) is 1.66. The number of anilines is 1. The van der Waals surface area contributed by atoms with Gasteiger partial charge in [-0.05, 0) is 46.5 Å². The van der Waals surface area contributed by atoms with Crippen LogP contribution in [0.3, 0.4) is 0 Å². The normalized spacial score (nSPS) is 16.1. The summed E-state index contributed by atoms with van der Waals surface area (Å²) in [5.74, 6) is 0. The molecule has 1 aliphatic heterocycles. The van der Waals surface area contributed by atoms with E-state index in [1.807, 2.05) is 12.1 Å². The molecule has 0 unspecified atom stereocenters. The van der Waals surface area contributed by atoms with Crippen molar-refractivity contribution in [1.82, 2.24) is 0 Å². The molecule has 0 saturated heterocycles. The van der Waals surface area contributed by atoms with Crippen LogP contribution in [0, 0.1) is 0 Å². The number of allylic oxidation sites excluding steroid dienone is 3. The van der Waals surface area contributed by atoms with E-state index in [9.17, 15) is 8.42 Å². The average molecular weight is 356 g/mol. The zero-order valence-corrected chi connectivity index (χ0v) is 14.3. The average Bonchev–Trinajstić information content (AvgIpc) is 3.16. The van der Waals surface area contributed by atoms with Crippen molar-refractivity contribution in [3.8, 4) is 11.1 Å². The molecule has 0 atom stereocenters. The molecule has 0 radical (unpaired) electrons. The van der Waals surface area contributed by atoms with E-state index in [0.29, 0.717) is 0 Å². The third-order valence-electron chi connectivity index (χ3n) is 4.25. The van der Waals surface area contributed by atoms with Crippen molar-refractivity contribution >= 4 is 25.4 Å². The monoisotopic (exact) mass is 355 g/mol. The molecule has 0 aromatic heterocycles. The summed E-state index contributed by atoms with van der Waals surface area (Å²) in [5.41, 5.74) is 5.74. The van der Waals surface area contributed by atoms with Crippen molar-refractivity contribution in [1.29, 1.82) is 0 Å². The maximum absolute atomic E-state index is 11.3. The van der Waals surface area contributed by atoms with Crippen molar-refractivity contribution in [2.45, 2.75) is 4.90 Å². The highest BCUT2D eigenvalue weighted by atomic mass is 35.7. The lowest BCUT2D eigenvalue weighted by Gasteiger charge is -2.16. The van der Waals surface area contributed by atoms with Gasteiger partial charge in [-0.15, -0.1) is 0 Å². The lowest BCUT2D eigenvalue weighted by Crippen LogP contribution is -2.12. The molecule has 0 amide bonds. The van der Waals surface area contributed by atoms with E-state index in [1.54, 1.807) is 12.1 Å². The fraction of sp³-hybridized carbons (Fsp3) is 0.0526. The molecule has 0 fully saturated rings. The van der Waals surface area contributed by atoms with Crippen molar-refractivity contribution in [3.63, 3.8) is 0 Å². The first kappa shape index (κ1) is 15.2. The molecule has 4 rings (SSSR count). The van der Waals surface area contributed by atoms with E-state index >= 15 is 0 Å². The second-order valence-corrected chi connectivity index (χ2v) is 8.34. The van der Waals surface area contributed by atoms with Crippen LogP contribution in [0.25, 0.3) is 11.1 Å². The first-order valence-corrected chi connectivity index (χ1v) is 9.83. The van der Waals surface area contributed by atoms with Gasteiger partial charge in [0.25, 0.3) is 9.05 Å². The number of nitrogens with zero attached hydrogens (tertiary/aromatic N) is 1. The van der Waals surface area contributed by atoms with Crippen LogP contribution in [-0.4, -0.2) is 15.0 Å². The fourth-order valence-electron chi connectivity index (χ4n) is 2.96. The van der Waals surface area contributed by atoms with E-state index in [-0.39, 0.29) is 4.90 Å². The molecule has 24 heavy (non-hydrogen) atoms. The molecule has 0 saturated carbocycles. The largest absolute Gasteiger partial charge is 0.343 e. The summed E-state index contributed by atoms with van der Waals surface area (Å²) in [6.45, 7) is 0.893. The van der Waals surface area contributed by atoms with Crippen LogP contribution in [0.15, 0.2) is 89.0 Å². The number of rotatable bonds is 3. The molecular weight excluding hydrogens is 342 g/mol. The van der Waals surface area contributed by atoms with Gasteiger partial charge in [-0.3, -0.25) is 0 Å². The molecule has 1 heterocycles. The second-order valence-electron chi connectivity index (χ2n) is 5.77. The molecule has 2 aliphatic rings. The minimum Gasteiger partial charge on any atom is -0.343 e. The Labute approximate surface area is 145 Å². The summed E-state index contributed by atoms with van der Waals surface area (Å²) in [4.78, 5) is 2.33. The van der Waals surface area contributed by atoms with E-state index in [0.717, 1.165) is 23.4 Å². The molecule has 1 aliphatic carbocycles. The van der Waals surface area contributed by atoms with Gasteiger partial charge in [0.15, 0.2) is 0 Å². The molecule has 0 bridgehead atoms. The van der Waals surface area contributed by atoms with E-state index in [4.69, 9.17) is 10.7 Å². The summed E-state index contributed by atoms with van der Waals surface area (Å²) < 4.78 is 22.6. The molecule has 3 nitrogen and oxygen atoms in total. The summed E-state index contributed by atoms with van der Waals surface area (Å²) in [5, 5.41) is 0. The maximum Gasteiger partial charge on any atom is 0.261 e. The quantitative estimate of drug-likeness (QED) is 0.762. The highest BCUT2D eigenvalue weighted by molar-refractivity contribution is 8.13. The van der Waals surface area contributed by atoms with Crippen LogP contribution in [0.2, 0.25) is 0 Å². The van der Waals surface area contributed by atoms with E-state index in [1.165, 1.54) is 23.3 Å². The summed E-state index contributed by atoms with van der Waals surface area (Å²) in [6, 6.07) is 14.8. The fourth-order valence-corrected chi connectivity index (χ4v) is 3.73. The van der Waals surface area contributed by atoms with Crippen LogP contribution >= 0.6 is 10.7 Å². The van der Waals surface area contributed by atoms with Crippen molar-refractivity contribution in [2.24, 2.45) is 0 Å². The van der Waals surface area contributed by atoms with Crippen molar-refractivity contribution in [3.05, 3.63) is 84.1 Å². The lowest BCUT2D eigenvalue weighted by atomic mass is 10.1. The molecule has 120 valence electrons. The Hall–Kier alpha value is -2.30. The number of hydrogen-bond donors (Lipinski definition) is 0. The zero-order valence-electron chi connectivity index (χ0n) is 12.7. The van der Waals surface area contributed by atoms with Crippen LogP contribution in [0.5, 0.6) is 0 Å². The Kier molecular flexibility index (Phi) is 3.59. The first-order chi connectivity index (χ1) is 11.5. The van der Waals surface area contributed by atoms with Gasteiger partial charge in [0, 0.05) is 29.1 Å². The molecule has 2 aromatic carbocycles. The van der Waals surface area contributed by atoms with Gasteiger partial charge in [0.05, 0.1) is 4.90 Å². The molecule has 5 heteroatoms. The van der Waals surface area contributed by atoms with Gasteiger partial charge >= 0.3 is 0 Å². The number of halogens is 1.